The van der Waals surface area contributed by atoms with E-state index in [9.17, 15) is 4.79 Å². The van der Waals surface area contributed by atoms with Gasteiger partial charge in [-0.25, -0.2) is 0 Å². The number of rotatable bonds is 5. The van der Waals surface area contributed by atoms with Crippen LogP contribution >= 0.6 is 0 Å². The number of aromatic nitrogens is 3. The predicted octanol–water partition coefficient (Wildman–Crippen LogP) is 3.80. The molecule has 0 fully saturated rings. The predicted molar refractivity (Wildman–Crippen MR) is 102 cm³/mol. The van der Waals surface area contributed by atoms with Gasteiger partial charge >= 0.3 is 0 Å². The van der Waals surface area contributed by atoms with Gasteiger partial charge in [-0.3, -0.25) is 9.89 Å². The number of benzene rings is 1. The number of hydrogen-bond donors (Lipinski definition) is 3. The molecule has 6 heteroatoms. The van der Waals surface area contributed by atoms with Crippen LogP contribution in [-0.4, -0.2) is 34.3 Å². The number of aryl methyl sites for hydroxylation is 1. The minimum atomic E-state index is 0.0469. The molecule has 2 heterocycles. The van der Waals surface area contributed by atoms with Crippen molar-refractivity contribution in [3.05, 3.63) is 35.5 Å². The van der Waals surface area contributed by atoms with Gasteiger partial charge < -0.3 is 15.0 Å². The molecule has 1 unspecified atom stereocenters. The molecule has 1 aromatic carbocycles. The van der Waals surface area contributed by atoms with Crippen molar-refractivity contribution >= 4 is 22.5 Å². The van der Waals surface area contributed by atoms with Gasteiger partial charge in [-0.05, 0) is 37.5 Å². The number of methoxy groups -OCH3 is 1. The van der Waals surface area contributed by atoms with Crippen molar-refractivity contribution < 1.29 is 9.53 Å². The number of amides is 1. The van der Waals surface area contributed by atoms with Crippen molar-refractivity contribution in [2.75, 3.05) is 12.4 Å². The first kappa shape index (κ1) is 16.8. The summed E-state index contributed by atoms with van der Waals surface area (Å²) in [5, 5.41) is 11.8. The van der Waals surface area contributed by atoms with E-state index in [0.717, 1.165) is 53.7 Å². The maximum atomic E-state index is 11.8. The third-order valence-electron chi connectivity index (χ3n) is 5.07. The summed E-state index contributed by atoms with van der Waals surface area (Å²) in [6.45, 7) is 2.00. The van der Waals surface area contributed by atoms with E-state index in [2.05, 4.69) is 26.6 Å². The summed E-state index contributed by atoms with van der Waals surface area (Å²) >= 11 is 0. The number of carbonyl (C=O) groups is 1. The van der Waals surface area contributed by atoms with Gasteiger partial charge in [0.1, 0.15) is 5.69 Å². The molecule has 1 atom stereocenters. The summed E-state index contributed by atoms with van der Waals surface area (Å²) in [7, 11) is 1.77. The highest BCUT2D eigenvalue weighted by Gasteiger charge is 2.24. The van der Waals surface area contributed by atoms with Crippen LogP contribution in [0.4, 0.5) is 5.69 Å². The Bertz CT molecular complexity index is 941. The van der Waals surface area contributed by atoms with Crippen molar-refractivity contribution in [3.63, 3.8) is 0 Å². The SMILES string of the molecule is CCCC(=O)Nc1ccc2cc(-c3n[nH]c4c3CC(OC)CC4)[nH]c2c1. The smallest absolute Gasteiger partial charge is 0.224 e. The number of carbonyl (C=O) groups excluding carboxylic acids is 1. The summed E-state index contributed by atoms with van der Waals surface area (Å²) in [4.78, 5) is 15.3. The number of nitrogens with one attached hydrogen (secondary N) is 3. The van der Waals surface area contributed by atoms with Gasteiger partial charge in [-0.15, -0.1) is 0 Å². The van der Waals surface area contributed by atoms with Gasteiger partial charge in [0.05, 0.1) is 11.8 Å². The fourth-order valence-corrected chi connectivity index (χ4v) is 3.67. The Balaban J connectivity index is 1.64. The molecule has 0 saturated carbocycles. The Morgan fingerprint density at radius 3 is 3.08 bits per heavy atom. The van der Waals surface area contributed by atoms with Gasteiger partial charge in [0, 0.05) is 47.8 Å². The highest BCUT2D eigenvalue weighted by Crippen LogP contribution is 2.32. The molecule has 1 aliphatic rings. The Labute approximate surface area is 152 Å². The fraction of sp³-hybridized carbons (Fsp3) is 0.400. The van der Waals surface area contributed by atoms with Crippen molar-refractivity contribution in [2.24, 2.45) is 0 Å². The Kier molecular flexibility index (Phi) is 4.51. The van der Waals surface area contributed by atoms with Crippen LogP contribution in [0, 0.1) is 0 Å². The van der Waals surface area contributed by atoms with E-state index in [-0.39, 0.29) is 12.0 Å². The molecule has 1 aliphatic carbocycles. The second-order valence-electron chi connectivity index (χ2n) is 6.91. The van der Waals surface area contributed by atoms with Crippen LogP contribution in [0.1, 0.15) is 37.4 Å². The highest BCUT2D eigenvalue weighted by atomic mass is 16.5. The van der Waals surface area contributed by atoms with E-state index in [0.29, 0.717) is 6.42 Å². The second-order valence-corrected chi connectivity index (χ2v) is 6.91. The lowest BCUT2D eigenvalue weighted by Crippen LogP contribution is -2.20. The van der Waals surface area contributed by atoms with Crippen LogP contribution in [0.5, 0.6) is 0 Å². The van der Waals surface area contributed by atoms with Gasteiger partial charge in [0.15, 0.2) is 0 Å². The van der Waals surface area contributed by atoms with Crippen LogP contribution in [0.2, 0.25) is 0 Å². The first-order valence-electron chi connectivity index (χ1n) is 9.19. The summed E-state index contributed by atoms with van der Waals surface area (Å²) < 4.78 is 5.55. The Morgan fingerprint density at radius 1 is 1.38 bits per heavy atom. The molecule has 0 radical (unpaired) electrons. The van der Waals surface area contributed by atoms with Crippen LogP contribution in [0.25, 0.3) is 22.3 Å². The molecule has 0 spiro atoms. The summed E-state index contributed by atoms with van der Waals surface area (Å²) in [5.41, 5.74) is 6.21. The molecule has 2 aromatic heterocycles. The van der Waals surface area contributed by atoms with Gasteiger partial charge in [0.25, 0.3) is 0 Å². The van der Waals surface area contributed by atoms with E-state index in [1.54, 1.807) is 7.11 Å². The molecule has 0 aliphatic heterocycles. The average Bonchev–Trinajstić information content (AvgIpc) is 3.24. The normalized spacial score (nSPS) is 16.6. The average molecular weight is 352 g/mol. The first-order chi connectivity index (χ1) is 12.7. The molecular weight excluding hydrogens is 328 g/mol. The minimum Gasteiger partial charge on any atom is -0.381 e. The summed E-state index contributed by atoms with van der Waals surface area (Å²) in [6, 6.07) is 8.05. The quantitative estimate of drug-likeness (QED) is 0.653. The van der Waals surface area contributed by atoms with E-state index in [1.807, 2.05) is 25.1 Å². The van der Waals surface area contributed by atoms with E-state index >= 15 is 0 Å². The summed E-state index contributed by atoms with van der Waals surface area (Å²) in [5.74, 6) is 0.0469. The molecule has 6 nitrogen and oxygen atoms in total. The van der Waals surface area contributed by atoms with Crippen molar-refractivity contribution in [1.29, 1.82) is 0 Å². The molecule has 3 N–H and O–H groups in total. The first-order valence-corrected chi connectivity index (χ1v) is 9.19. The Hall–Kier alpha value is -2.60. The molecule has 0 saturated heterocycles. The van der Waals surface area contributed by atoms with E-state index < -0.39 is 0 Å². The molecule has 0 bridgehead atoms. The van der Waals surface area contributed by atoms with Gasteiger partial charge in [-0.1, -0.05) is 13.0 Å². The number of ether oxygens (including phenoxy) is 1. The molecule has 26 heavy (non-hydrogen) atoms. The third kappa shape index (κ3) is 3.12. The molecule has 3 aromatic rings. The number of fused-ring (bicyclic) bond motifs is 2. The third-order valence-corrected chi connectivity index (χ3v) is 5.07. The topological polar surface area (TPSA) is 82.8 Å². The number of anilines is 1. The maximum absolute atomic E-state index is 11.8. The van der Waals surface area contributed by atoms with E-state index in [1.165, 1.54) is 11.3 Å². The lowest BCUT2D eigenvalue weighted by atomic mass is 9.92. The van der Waals surface area contributed by atoms with Crippen LogP contribution < -0.4 is 5.32 Å². The monoisotopic (exact) mass is 352 g/mol. The maximum Gasteiger partial charge on any atom is 0.224 e. The van der Waals surface area contributed by atoms with Crippen LogP contribution in [0.15, 0.2) is 24.3 Å². The number of nitrogens with zero attached hydrogens (tertiary/aromatic N) is 1. The van der Waals surface area contributed by atoms with Gasteiger partial charge in [0.2, 0.25) is 5.91 Å². The van der Waals surface area contributed by atoms with Gasteiger partial charge in [-0.2, -0.15) is 5.10 Å². The number of hydrogen-bond acceptors (Lipinski definition) is 3. The minimum absolute atomic E-state index is 0.0469. The molecule has 136 valence electrons. The molecule has 1 amide bonds. The largest absolute Gasteiger partial charge is 0.381 e. The zero-order valence-corrected chi connectivity index (χ0v) is 15.2. The number of H-pyrrole nitrogens is 2. The van der Waals surface area contributed by atoms with Crippen molar-refractivity contribution in [3.8, 4) is 11.4 Å². The van der Waals surface area contributed by atoms with Crippen molar-refractivity contribution in [2.45, 2.75) is 45.1 Å². The molecular formula is C20H24N4O2. The van der Waals surface area contributed by atoms with E-state index in [4.69, 9.17) is 4.74 Å². The van der Waals surface area contributed by atoms with Crippen LogP contribution in [-0.2, 0) is 22.4 Å². The highest BCUT2D eigenvalue weighted by molar-refractivity contribution is 5.94. The zero-order valence-electron chi connectivity index (χ0n) is 15.2. The fourth-order valence-electron chi connectivity index (χ4n) is 3.67. The standard InChI is InChI=1S/C20H24N4O2/c1-3-4-19(25)21-13-6-5-12-9-18(22-17(12)10-13)20-15-11-14(26-2)7-8-16(15)23-24-20/h5-6,9-10,14,22H,3-4,7-8,11H2,1-2H3,(H,21,25)(H,23,24). The van der Waals surface area contributed by atoms with Crippen LogP contribution in [0.3, 0.4) is 0 Å². The summed E-state index contributed by atoms with van der Waals surface area (Å²) in [6.07, 6.45) is 4.50. The van der Waals surface area contributed by atoms with Crippen molar-refractivity contribution in [1.82, 2.24) is 15.2 Å². The molecule has 4 rings (SSSR count). The second kappa shape index (κ2) is 6.96. The zero-order chi connectivity index (χ0) is 18.1. The lowest BCUT2D eigenvalue weighted by molar-refractivity contribution is -0.116. The Morgan fingerprint density at radius 2 is 2.27 bits per heavy atom. The lowest BCUT2D eigenvalue weighted by Gasteiger charge is -2.20. The number of aromatic amines is 2.